The van der Waals surface area contributed by atoms with Crippen molar-refractivity contribution >= 4 is 11.8 Å². The Kier molecular flexibility index (Phi) is 4.89. The van der Waals surface area contributed by atoms with Gasteiger partial charge in [0.2, 0.25) is 5.91 Å². The molecule has 0 saturated carbocycles. The number of benzene rings is 1. The van der Waals surface area contributed by atoms with Crippen molar-refractivity contribution in [2.45, 2.75) is 25.8 Å². The summed E-state index contributed by atoms with van der Waals surface area (Å²) in [6.45, 7) is 3.09. The predicted molar refractivity (Wildman–Crippen MR) is 91.4 cm³/mol. The Bertz CT molecular complexity index is 730. The van der Waals surface area contributed by atoms with Gasteiger partial charge in [-0.1, -0.05) is 36.4 Å². The van der Waals surface area contributed by atoms with Gasteiger partial charge in [0.25, 0.3) is 5.91 Å². The molecule has 1 atom stereocenters. The zero-order valence-corrected chi connectivity index (χ0v) is 13.7. The van der Waals surface area contributed by atoms with E-state index in [2.05, 4.69) is 10.3 Å². The number of hydrogen-bond acceptors (Lipinski definition) is 3. The fourth-order valence-corrected chi connectivity index (χ4v) is 2.94. The summed E-state index contributed by atoms with van der Waals surface area (Å²) in [7, 11) is 0. The topological polar surface area (TPSA) is 62.3 Å². The third-order valence-electron chi connectivity index (χ3n) is 4.20. The average molecular weight is 323 g/mol. The van der Waals surface area contributed by atoms with Crippen molar-refractivity contribution in [3.8, 4) is 0 Å². The molecule has 2 heterocycles. The van der Waals surface area contributed by atoms with Gasteiger partial charge in [-0.15, -0.1) is 0 Å². The van der Waals surface area contributed by atoms with Crippen LogP contribution in [0.3, 0.4) is 0 Å². The molecule has 5 nitrogen and oxygen atoms in total. The molecular weight excluding hydrogens is 302 g/mol. The predicted octanol–water partition coefficient (Wildman–Crippen LogP) is 2.48. The number of likely N-dealkylation sites (tertiary alicyclic amines) is 1. The number of carbonyl (C=O) groups excluding carboxylic acids is 2. The number of nitrogens with zero attached hydrogens (tertiary/aromatic N) is 2. The first kappa shape index (κ1) is 16.2. The molecule has 2 amide bonds. The van der Waals surface area contributed by atoms with Crippen LogP contribution in [0.15, 0.2) is 48.5 Å². The van der Waals surface area contributed by atoms with Gasteiger partial charge in [0.15, 0.2) is 0 Å². The van der Waals surface area contributed by atoms with Crippen molar-refractivity contribution in [3.63, 3.8) is 0 Å². The van der Waals surface area contributed by atoms with Crippen LogP contribution >= 0.6 is 0 Å². The molecule has 0 spiro atoms. The first-order chi connectivity index (χ1) is 11.6. The van der Waals surface area contributed by atoms with E-state index in [9.17, 15) is 9.59 Å². The first-order valence-corrected chi connectivity index (χ1v) is 8.21. The van der Waals surface area contributed by atoms with Crippen molar-refractivity contribution in [2.24, 2.45) is 0 Å². The van der Waals surface area contributed by atoms with E-state index < -0.39 is 0 Å². The second-order valence-corrected chi connectivity index (χ2v) is 6.04. The lowest BCUT2D eigenvalue weighted by atomic mass is 10.1. The average Bonchev–Trinajstić information content (AvgIpc) is 3.00. The smallest absolute Gasteiger partial charge is 0.270 e. The van der Waals surface area contributed by atoms with E-state index in [0.29, 0.717) is 18.7 Å². The van der Waals surface area contributed by atoms with Crippen molar-refractivity contribution in [2.75, 3.05) is 13.1 Å². The van der Waals surface area contributed by atoms with Crippen LogP contribution in [0.5, 0.6) is 0 Å². The molecule has 0 unspecified atom stereocenters. The van der Waals surface area contributed by atoms with Crippen LogP contribution in [0.25, 0.3) is 0 Å². The van der Waals surface area contributed by atoms with Gasteiger partial charge in [-0.2, -0.15) is 0 Å². The number of rotatable bonds is 5. The summed E-state index contributed by atoms with van der Waals surface area (Å²) in [6.07, 6.45) is 1.47. The maximum Gasteiger partial charge on any atom is 0.270 e. The molecule has 0 aliphatic carbocycles. The second kappa shape index (κ2) is 7.25. The van der Waals surface area contributed by atoms with Crippen LogP contribution in [-0.2, 0) is 4.79 Å². The summed E-state index contributed by atoms with van der Waals surface area (Å²) in [6, 6.07) is 14.9. The minimum atomic E-state index is -0.247. The quantitative estimate of drug-likeness (QED) is 0.919. The van der Waals surface area contributed by atoms with E-state index in [0.717, 1.165) is 24.2 Å². The molecule has 1 aromatic carbocycles. The number of hydrogen-bond donors (Lipinski definition) is 1. The van der Waals surface area contributed by atoms with Crippen molar-refractivity contribution in [3.05, 3.63) is 65.5 Å². The second-order valence-electron chi connectivity index (χ2n) is 6.04. The molecule has 0 radical (unpaired) electrons. The highest BCUT2D eigenvalue weighted by molar-refractivity contribution is 5.92. The van der Waals surface area contributed by atoms with Crippen LogP contribution in [0, 0.1) is 6.92 Å². The third kappa shape index (κ3) is 3.79. The molecule has 1 aliphatic rings. The fraction of sp³-hybridized carbons (Fsp3) is 0.316. The van der Waals surface area contributed by atoms with Gasteiger partial charge in [-0.3, -0.25) is 9.59 Å². The highest BCUT2D eigenvalue weighted by atomic mass is 16.2. The molecule has 5 heteroatoms. The standard InChI is InChI=1S/C19H21N3O2/c1-14-7-5-10-16(20-14)19(24)21-17(15-8-3-2-4-9-15)13-22-12-6-11-18(22)23/h2-5,7-10,17H,6,11-13H2,1H3,(H,21,24)/t17-/m0/s1. The molecule has 1 fully saturated rings. The van der Waals surface area contributed by atoms with Gasteiger partial charge in [-0.05, 0) is 31.0 Å². The molecule has 1 saturated heterocycles. The highest BCUT2D eigenvalue weighted by Gasteiger charge is 2.25. The van der Waals surface area contributed by atoms with Gasteiger partial charge >= 0.3 is 0 Å². The number of carbonyl (C=O) groups is 2. The zero-order valence-electron chi connectivity index (χ0n) is 13.7. The molecule has 1 aliphatic heterocycles. The number of aryl methyl sites for hydroxylation is 1. The van der Waals surface area contributed by atoms with E-state index in [1.54, 1.807) is 6.07 Å². The van der Waals surface area contributed by atoms with E-state index >= 15 is 0 Å². The van der Waals surface area contributed by atoms with Crippen molar-refractivity contribution in [1.29, 1.82) is 0 Å². The Labute approximate surface area is 141 Å². The lowest BCUT2D eigenvalue weighted by Crippen LogP contribution is -2.38. The maximum absolute atomic E-state index is 12.6. The maximum atomic E-state index is 12.6. The Balaban J connectivity index is 1.79. The highest BCUT2D eigenvalue weighted by Crippen LogP contribution is 2.19. The minimum absolute atomic E-state index is 0.152. The van der Waals surface area contributed by atoms with Gasteiger partial charge in [0.05, 0.1) is 6.04 Å². The normalized spacial score (nSPS) is 15.4. The van der Waals surface area contributed by atoms with Gasteiger partial charge < -0.3 is 10.2 Å². The minimum Gasteiger partial charge on any atom is -0.342 e. The summed E-state index contributed by atoms with van der Waals surface area (Å²) in [5.74, 6) is -0.0712. The number of nitrogens with one attached hydrogen (secondary N) is 1. The van der Waals surface area contributed by atoms with E-state index in [1.807, 2.05) is 54.3 Å². The Morgan fingerprint density at radius 1 is 1.21 bits per heavy atom. The van der Waals surface area contributed by atoms with Crippen molar-refractivity contribution in [1.82, 2.24) is 15.2 Å². The monoisotopic (exact) mass is 323 g/mol. The van der Waals surface area contributed by atoms with Crippen LogP contribution in [0.4, 0.5) is 0 Å². The summed E-state index contributed by atoms with van der Waals surface area (Å²) in [5, 5.41) is 3.03. The molecule has 0 bridgehead atoms. The van der Waals surface area contributed by atoms with Gasteiger partial charge in [-0.25, -0.2) is 4.98 Å². The van der Waals surface area contributed by atoms with Gasteiger partial charge in [0.1, 0.15) is 5.69 Å². The Morgan fingerprint density at radius 2 is 2.00 bits per heavy atom. The van der Waals surface area contributed by atoms with Crippen molar-refractivity contribution < 1.29 is 9.59 Å². The summed E-state index contributed by atoms with van der Waals surface area (Å²) in [5.41, 5.74) is 2.18. The summed E-state index contributed by atoms with van der Waals surface area (Å²) in [4.78, 5) is 30.6. The lowest BCUT2D eigenvalue weighted by molar-refractivity contribution is -0.128. The summed E-state index contributed by atoms with van der Waals surface area (Å²) >= 11 is 0. The fourth-order valence-electron chi connectivity index (χ4n) is 2.94. The molecule has 2 aromatic rings. The van der Waals surface area contributed by atoms with Crippen LogP contribution in [-0.4, -0.2) is 34.8 Å². The number of amides is 2. The van der Waals surface area contributed by atoms with Crippen LogP contribution in [0.1, 0.15) is 40.6 Å². The largest absolute Gasteiger partial charge is 0.342 e. The van der Waals surface area contributed by atoms with E-state index in [4.69, 9.17) is 0 Å². The Morgan fingerprint density at radius 3 is 2.67 bits per heavy atom. The molecule has 1 N–H and O–H groups in total. The summed E-state index contributed by atoms with van der Waals surface area (Å²) < 4.78 is 0. The number of pyridine rings is 1. The van der Waals surface area contributed by atoms with Crippen LogP contribution in [0.2, 0.25) is 0 Å². The molecule has 24 heavy (non-hydrogen) atoms. The molecular formula is C19H21N3O2. The molecule has 3 rings (SSSR count). The first-order valence-electron chi connectivity index (χ1n) is 8.21. The molecule has 1 aromatic heterocycles. The van der Waals surface area contributed by atoms with Gasteiger partial charge in [0, 0.05) is 25.2 Å². The SMILES string of the molecule is Cc1cccc(C(=O)N[C@@H](CN2CCCC2=O)c2ccccc2)n1. The lowest BCUT2D eigenvalue weighted by Gasteiger charge is -2.25. The zero-order chi connectivity index (χ0) is 16.9. The van der Waals surface area contributed by atoms with E-state index in [1.165, 1.54) is 0 Å². The molecule has 124 valence electrons. The number of aromatic nitrogens is 1. The van der Waals surface area contributed by atoms with Crippen LogP contribution < -0.4 is 5.32 Å². The Hall–Kier alpha value is -2.69. The van der Waals surface area contributed by atoms with E-state index in [-0.39, 0.29) is 17.9 Å². The third-order valence-corrected chi connectivity index (χ3v) is 4.20.